The predicted octanol–water partition coefficient (Wildman–Crippen LogP) is 4.69. The number of hydrogen-bond acceptors (Lipinski definition) is 4. The van der Waals surface area contributed by atoms with Crippen molar-refractivity contribution in [2.24, 2.45) is 0 Å². The first-order valence-electron chi connectivity index (χ1n) is 9.54. The fraction of sp³-hybridized carbons (Fsp3) is 0.391. The lowest BCUT2D eigenvalue weighted by Crippen LogP contribution is -2.45. The van der Waals surface area contributed by atoms with E-state index in [1.165, 1.54) is 11.8 Å². The van der Waals surface area contributed by atoms with Gasteiger partial charge < -0.3 is 9.47 Å². The van der Waals surface area contributed by atoms with Crippen LogP contribution in [0.15, 0.2) is 48.5 Å². The van der Waals surface area contributed by atoms with Crippen LogP contribution in [0.25, 0.3) is 0 Å². The molecule has 5 heteroatoms. The van der Waals surface area contributed by atoms with Crippen molar-refractivity contribution in [3.8, 4) is 5.75 Å². The molecular formula is C23H27NO4. The van der Waals surface area contributed by atoms with Crippen molar-refractivity contribution in [2.45, 2.75) is 52.4 Å². The molecule has 0 fully saturated rings. The van der Waals surface area contributed by atoms with Gasteiger partial charge in [0.25, 0.3) is 0 Å². The van der Waals surface area contributed by atoms with Crippen LogP contribution in [0.4, 0.5) is 4.79 Å². The summed E-state index contributed by atoms with van der Waals surface area (Å²) in [6, 6.07) is 15.1. The normalized spacial score (nSPS) is 16.3. The third kappa shape index (κ3) is 4.71. The average molecular weight is 381 g/mol. The minimum atomic E-state index is -0.623. The Bertz CT molecular complexity index is 855. The van der Waals surface area contributed by atoms with E-state index in [-0.39, 0.29) is 5.78 Å². The summed E-state index contributed by atoms with van der Waals surface area (Å²) in [6.45, 7) is 7.90. The number of Topliss-reactive ketones (excluding diaryl/α,β-unsaturated/α-hetero) is 1. The van der Waals surface area contributed by atoms with E-state index in [1.54, 1.807) is 0 Å². The highest BCUT2D eigenvalue weighted by Crippen LogP contribution is 2.34. The predicted molar refractivity (Wildman–Crippen MR) is 107 cm³/mol. The molecular weight excluding hydrogens is 354 g/mol. The van der Waals surface area contributed by atoms with E-state index in [9.17, 15) is 9.59 Å². The lowest BCUT2D eigenvalue weighted by molar-refractivity contribution is -0.122. The number of nitrogens with zero attached hydrogens (tertiary/aromatic N) is 1. The summed E-state index contributed by atoms with van der Waals surface area (Å²) in [5.41, 5.74) is 2.37. The number of benzene rings is 2. The Morgan fingerprint density at radius 1 is 1.11 bits per heavy atom. The van der Waals surface area contributed by atoms with Gasteiger partial charge in [-0.1, -0.05) is 36.4 Å². The molecule has 2 aromatic rings. The Morgan fingerprint density at radius 2 is 1.82 bits per heavy atom. The van der Waals surface area contributed by atoms with Gasteiger partial charge in [0.1, 0.15) is 24.0 Å². The summed E-state index contributed by atoms with van der Waals surface area (Å²) in [5.74, 6) is 0.681. The van der Waals surface area contributed by atoms with Gasteiger partial charge in [-0.2, -0.15) is 0 Å². The summed E-state index contributed by atoms with van der Waals surface area (Å²) >= 11 is 0. The van der Waals surface area contributed by atoms with Gasteiger partial charge in [0.2, 0.25) is 0 Å². The lowest BCUT2D eigenvalue weighted by atomic mass is 9.90. The number of hydrogen-bond donors (Lipinski definition) is 0. The van der Waals surface area contributed by atoms with Crippen LogP contribution in [0.3, 0.4) is 0 Å². The molecule has 0 aromatic heterocycles. The van der Waals surface area contributed by atoms with Crippen molar-refractivity contribution < 1.29 is 19.1 Å². The van der Waals surface area contributed by atoms with Crippen LogP contribution < -0.4 is 4.74 Å². The fourth-order valence-corrected chi connectivity index (χ4v) is 3.39. The molecule has 0 bridgehead atoms. The van der Waals surface area contributed by atoms with Crippen LogP contribution in [0, 0.1) is 0 Å². The zero-order valence-corrected chi connectivity index (χ0v) is 16.9. The molecule has 0 saturated heterocycles. The molecule has 1 heterocycles. The fourth-order valence-electron chi connectivity index (χ4n) is 3.39. The highest BCUT2D eigenvalue weighted by molar-refractivity contribution is 5.87. The first kappa shape index (κ1) is 19.9. The second kappa shape index (κ2) is 8.05. The van der Waals surface area contributed by atoms with Crippen LogP contribution in [0.1, 0.15) is 50.4 Å². The number of carbonyl (C=O) groups excluding carboxylic acids is 2. The second-order valence-corrected chi connectivity index (χ2v) is 8.07. The van der Waals surface area contributed by atoms with Crippen molar-refractivity contribution in [1.82, 2.24) is 4.90 Å². The minimum absolute atomic E-state index is 0.0789. The van der Waals surface area contributed by atoms with E-state index in [0.717, 1.165) is 22.4 Å². The van der Waals surface area contributed by atoms with Crippen molar-refractivity contribution >= 4 is 11.9 Å². The van der Waals surface area contributed by atoms with Crippen LogP contribution >= 0.6 is 0 Å². The third-order valence-corrected chi connectivity index (χ3v) is 4.60. The second-order valence-electron chi connectivity index (χ2n) is 8.07. The first-order chi connectivity index (χ1) is 13.2. The molecule has 1 aliphatic rings. The van der Waals surface area contributed by atoms with Crippen molar-refractivity contribution in [1.29, 1.82) is 0 Å². The Labute approximate surface area is 166 Å². The molecule has 148 valence electrons. The minimum Gasteiger partial charge on any atom is -0.489 e. The molecule has 0 saturated carbocycles. The Kier molecular flexibility index (Phi) is 5.73. The van der Waals surface area contributed by atoms with Gasteiger partial charge in [-0.3, -0.25) is 9.69 Å². The van der Waals surface area contributed by atoms with E-state index in [1.807, 2.05) is 69.3 Å². The van der Waals surface area contributed by atoms with E-state index in [4.69, 9.17) is 9.47 Å². The molecule has 2 aromatic carbocycles. The number of rotatable bonds is 4. The van der Waals surface area contributed by atoms with Crippen LogP contribution in [-0.4, -0.2) is 28.9 Å². The molecule has 5 nitrogen and oxygen atoms in total. The number of ketones is 1. The van der Waals surface area contributed by atoms with E-state index >= 15 is 0 Å². The number of ether oxygens (including phenoxy) is 2. The first-order valence-corrected chi connectivity index (χ1v) is 9.54. The maximum absolute atomic E-state index is 12.6. The molecule has 1 aliphatic heterocycles. The topological polar surface area (TPSA) is 55.8 Å². The van der Waals surface area contributed by atoms with Gasteiger partial charge in [0.15, 0.2) is 5.78 Å². The van der Waals surface area contributed by atoms with Gasteiger partial charge in [0.05, 0.1) is 0 Å². The summed E-state index contributed by atoms with van der Waals surface area (Å²) < 4.78 is 11.4. The highest BCUT2D eigenvalue weighted by Gasteiger charge is 2.36. The van der Waals surface area contributed by atoms with Gasteiger partial charge in [-0.05, 0) is 62.9 Å². The maximum Gasteiger partial charge on any atom is 0.411 e. The van der Waals surface area contributed by atoms with Gasteiger partial charge in [-0.15, -0.1) is 0 Å². The number of carbonyl (C=O) groups is 2. The molecule has 0 N–H and O–H groups in total. The van der Waals surface area contributed by atoms with Gasteiger partial charge in [-0.25, -0.2) is 4.79 Å². The third-order valence-electron chi connectivity index (χ3n) is 4.60. The van der Waals surface area contributed by atoms with E-state index in [2.05, 4.69) is 0 Å². The Balaban J connectivity index is 1.79. The molecule has 0 aliphatic carbocycles. The van der Waals surface area contributed by atoms with Crippen LogP contribution in [-0.2, 0) is 22.6 Å². The summed E-state index contributed by atoms with van der Waals surface area (Å²) in [6.07, 6.45) is 0.198. The van der Waals surface area contributed by atoms with Crippen molar-refractivity contribution in [2.75, 3.05) is 6.54 Å². The molecule has 1 amide bonds. The standard InChI is InChI=1S/C23H27NO4/c1-16(25)21-20-11-10-19(27-15-17-8-6-5-7-9-17)14-18(20)12-13-24(21)22(26)28-23(2,3)4/h5-11,14,21H,12-13,15H2,1-4H3. The Hall–Kier alpha value is -2.82. The SMILES string of the molecule is CC(=O)C1c2ccc(OCc3ccccc3)cc2CCN1C(=O)OC(C)(C)C. The molecule has 1 atom stereocenters. The number of fused-ring (bicyclic) bond motifs is 1. The van der Waals surface area contributed by atoms with E-state index < -0.39 is 17.7 Å². The average Bonchev–Trinajstić information content (AvgIpc) is 2.64. The molecule has 0 radical (unpaired) electrons. The van der Waals surface area contributed by atoms with Crippen molar-refractivity contribution in [3.05, 3.63) is 65.2 Å². The summed E-state index contributed by atoms with van der Waals surface area (Å²) in [7, 11) is 0. The summed E-state index contributed by atoms with van der Waals surface area (Å²) in [4.78, 5) is 26.5. The zero-order chi connectivity index (χ0) is 20.3. The number of amides is 1. The zero-order valence-electron chi connectivity index (χ0n) is 16.9. The molecule has 28 heavy (non-hydrogen) atoms. The van der Waals surface area contributed by atoms with Gasteiger partial charge in [0, 0.05) is 6.54 Å². The van der Waals surface area contributed by atoms with E-state index in [0.29, 0.717) is 19.6 Å². The van der Waals surface area contributed by atoms with Crippen molar-refractivity contribution in [3.63, 3.8) is 0 Å². The highest BCUT2D eigenvalue weighted by atomic mass is 16.6. The smallest absolute Gasteiger partial charge is 0.411 e. The van der Waals surface area contributed by atoms with Crippen LogP contribution in [0.2, 0.25) is 0 Å². The molecule has 0 spiro atoms. The Morgan fingerprint density at radius 3 is 2.46 bits per heavy atom. The largest absolute Gasteiger partial charge is 0.489 e. The summed E-state index contributed by atoms with van der Waals surface area (Å²) in [5, 5.41) is 0. The van der Waals surface area contributed by atoms with Crippen LogP contribution in [0.5, 0.6) is 5.75 Å². The van der Waals surface area contributed by atoms with Gasteiger partial charge >= 0.3 is 6.09 Å². The molecule has 1 unspecified atom stereocenters. The monoisotopic (exact) mass is 381 g/mol. The molecule has 3 rings (SSSR count). The lowest BCUT2D eigenvalue weighted by Gasteiger charge is -2.37. The maximum atomic E-state index is 12.6. The quantitative estimate of drug-likeness (QED) is 0.771.